The number of hydrogen-bond acceptors (Lipinski definition) is 10. The van der Waals surface area contributed by atoms with Crippen LogP contribution < -0.4 is 5.32 Å². The molecule has 1 heterocycles. The third-order valence-corrected chi connectivity index (χ3v) is 15.3. The molecule has 1 saturated heterocycles. The van der Waals surface area contributed by atoms with E-state index in [1.807, 2.05) is 6.08 Å². The molecule has 0 radical (unpaired) electrons. The van der Waals surface area contributed by atoms with Crippen molar-refractivity contribution < 1.29 is 49.3 Å². The Morgan fingerprint density at radius 2 is 0.868 bits per heavy atom. The van der Waals surface area contributed by atoms with Crippen molar-refractivity contribution in [2.24, 2.45) is 0 Å². The SMILES string of the molecule is CCCCCCCC/C=C/CCCCCCCCCCCCCC(=O)OC1C(OCC(NC(=O)C(O)CCCC/C=C\CCCCCCCCC)C(O)/C=C/CCCCCCCCCCCCC)OC(CO)C(O)C1O. The fourth-order valence-electron chi connectivity index (χ4n) is 10.1. The second kappa shape index (κ2) is 53.5. The lowest BCUT2D eigenvalue weighted by atomic mass is 9.99. The van der Waals surface area contributed by atoms with Crippen LogP contribution in [0.25, 0.3) is 0 Å². The molecule has 0 aliphatic carbocycles. The first-order valence-electron chi connectivity index (χ1n) is 32.3. The molecule has 0 aromatic carbocycles. The molecule has 1 aliphatic heterocycles. The molecule has 11 heteroatoms. The second-order valence-electron chi connectivity index (χ2n) is 22.5. The van der Waals surface area contributed by atoms with Crippen molar-refractivity contribution in [1.29, 1.82) is 0 Å². The number of esters is 1. The minimum absolute atomic E-state index is 0.123. The molecule has 1 rings (SSSR count). The zero-order chi connectivity index (χ0) is 55.4. The minimum atomic E-state index is -1.61. The van der Waals surface area contributed by atoms with Gasteiger partial charge in [0.1, 0.15) is 24.4 Å². The molecule has 11 nitrogen and oxygen atoms in total. The zero-order valence-electron chi connectivity index (χ0n) is 49.4. The van der Waals surface area contributed by atoms with Crippen molar-refractivity contribution in [2.75, 3.05) is 13.2 Å². The Balaban J connectivity index is 2.64. The van der Waals surface area contributed by atoms with Gasteiger partial charge in [-0.3, -0.25) is 9.59 Å². The van der Waals surface area contributed by atoms with Crippen LogP contribution in [0.4, 0.5) is 0 Å². The van der Waals surface area contributed by atoms with Crippen molar-refractivity contribution in [3.63, 3.8) is 0 Å². The number of allylic oxidation sites excluding steroid dienone is 5. The lowest BCUT2D eigenvalue weighted by Crippen LogP contribution is -2.61. The Morgan fingerprint density at radius 1 is 0.500 bits per heavy atom. The topological polar surface area (TPSA) is 175 Å². The van der Waals surface area contributed by atoms with Crippen molar-refractivity contribution in [2.45, 2.75) is 352 Å². The highest BCUT2D eigenvalue weighted by Crippen LogP contribution is 2.26. The molecule has 8 unspecified atom stereocenters. The average Bonchev–Trinajstić information content (AvgIpc) is 3.42. The van der Waals surface area contributed by atoms with Crippen LogP contribution in [0.15, 0.2) is 36.5 Å². The smallest absolute Gasteiger partial charge is 0.306 e. The van der Waals surface area contributed by atoms with Crippen molar-refractivity contribution in [3.05, 3.63) is 36.5 Å². The van der Waals surface area contributed by atoms with Gasteiger partial charge in [-0.2, -0.15) is 0 Å². The molecule has 1 aliphatic rings. The van der Waals surface area contributed by atoms with E-state index in [0.29, 0.717) is 12.8 Å². The van der Waals surface area contributed by atoms with Crippen LogP contribution in [-0.2, 0) is 23.8 Å². The van der Waals surface area contributed by atoms with Gasteiger partial charge in [-0.05, 0) is 77.0 Å². The van der Waals surface area contributed by atoms with Gasteiger partial charge >= 0.3 is 5.97 Å². The van der Waals surface area contributed by atoms with E-state index in [-0.39, 0.29) is 19.4 Å². The summed E-state index contributed by atoms with van der Waals surface area (Å²) < 4.78 is 17.6. The zero-order valence-corrected chi connectivity index (χ0v) is 49.4. The lowest BCUT2D eigenvalue weighted by Gasteiger charge is -2.41. The summed E-state index contributed by atoms with van der Waals surface area (Å²) in [6.45, 7) is 5.79. The Kier molecular flexibility index (Phi) is 50.6. The number of carbonyl (C=O) groups excluding carboxylic acids is 2. The predicted octanol–water partition coefficient (Wildman–Crippen LogP) is 15.5. The second-order valence-corrected chi connectivity index (χ2v) is 22.5. The van der Waals surface area contributed by atoms with Gasteiger partial charge in [0, 0.05) is 6.42 Å². The molecule has 446 valence electrons. The number of amides is 1. The summed E-state index contributed by atoms with van der Waals surface area (Å²) >= 11 is 0. The maximum absolute atomic E-state index is 13.4. The van der Waals surface area contributed by atoms with Gasteiger partial charge in [0.2, 0.25) is 5.91 Å². The molecular formula is C65H121NO10. The van der Waals surface area contributed by atoms with Crippen molar-refractivity contribution in [3.8, 4) is 0 Å². The first-order valence-corrected chi connectivity index (χ1v) is 32.3. The fourth-order valence-corrected chi connectivity index (χ4v) is 10.1. The Morgan fingerprint density at radius 3 is 1.28 bits per heavy atom. The van der Waals surface area contributed by atoms with E-state index >= 15 is 0 Å². The Bertz CT molecular complexity index is 1380. The molecule has 0 aromatic heterocycles. The number of hydrogen-bond donors (Lipinski definition) is 6. The summed E-state index contributed by atoms with van der Waals surface area (Å²) in [7, 11) is 0. The third kappa shape index (κ3) is 41.0. The fraction of sp³-hybridized carbons (Fsp3) is 0.877. The number of rotatable bonds is 55. The third-order valence-electron chi connectivity index (χ3n) is 15.3. The molecule has 0 aromatic rings. The maximum Gasteiger partial charge on any atom is 0.306 e. The predicted molar refractivity (Wildman–Crippen MR) is 315 cm³/mol. The first-order chi connectivity index (χ1) is 37.2. The quantitative estimate of drug-likeness (QED) is 0.0195. The van der Waals surface area contributed by atoms with E-state index < -0.39 is 67.4 Å². The van der Waals surface area contributed by atoms with E-state index in [1.54, 1.807) is 6.08 Å². The Labute approximate surface area is 466 Å². The number of carbonyl (C=O) groups is 2. The summed E-state index contributed by atoms with van der Waals surface area (Å²) in [5.74, 6) is -1.20. The van der Waals surface area contributed by atoms with Crippen molar-refractivity contribution >= 4 is 11.9 Å². The summed E-state index contributed by atoms with van der Waals surface area (Å²) in [4.78, 5) is 26.5. The number of unbranched alkanes of at least 4 members (excludes halogenated alkanes) is 37. The van der Waals surface area contributed by atoms with Crippen LogP contribution in [0.1, 0.15) is 303 Å². The molecule has 6 N–H and O–H groups in total. The van der Waals surface area contributed by atoms with Crippen LogP contribution >= 0.6 is 0 Å². The van der Waals surface area contributed by atoms with Crippen LogP contribution in [0.5, 0.6) is 0 Å². The highest BCUT2D eigenvalue weighted by Gasteiger charge is 2.47. The van der Waals surface area contributed by atoms with E-state index in [4.69, 9.17) is 14.2 Å². The molecule has 1 fully saturated rings. The molecule has 0 bridgehead atoms. The monoisotopic (exact) mass is 1080 g/mol. The van der Waals surface area contributed by atoms with Crippen LogP contribution in [0.2, 0.25) is 0 Å². The number of ether oxygens (including phenoxy) is 3. The van der Waals surface area contributed by atoms with E-state index in [9.17, 15) is 35.1 Å². The van der Waals surface area contributed by atoms with Gasteiger partial charge < -0.3 is 45.1 Å². The van der Waals surface area contributed by atoms with E-state index in [1.165, 1.54) is 199 Å². The molecular weight excluding hydrogens is 955 g/mol. The van der Waals surface area contributed by atoms with Gasteiger partial charge in [0.15, 0.2) is 12.4 Å². The van der Waals surface area contributed by atoms with E-state index in [2.05, 4.69) is 50.4 Å². The van der Waals surface area contributed by atoms with Gasteiger partial charge in [-0.25, -0.2) is 0 Å². The molecule has 0 spiro atoms. The van der Waals surface area contributed by atoms with Crippen LogP contribution in [-0.4, -0.2) is 99.6 Å². The molecule has 1 amide bonds. The van der Waals surface area contributed by atoms with Gasteiger partial charge in [-0.15, -0.1) is 0 Å². The van der Waals surface area contributed by atoms with Crippen LogP contribution in [0, 0.1) is 0 Å². The summed E-state index contributed by atoms with van der Waals surface area (Å²) in [5, 5.41) is 57.0. The summed E-state index contributed by atoms with van der Waals surface area (Å²) in [6.07, 6.45) is 53.3. The lowest BCUT2D eigenvalue weighted by molar-refractivity contribution is -0.305. The minimum Gasteiger partial charge on any atom is -0.454 e. The molecule has 76 heavy (non-hydrogen) atoms. The first kappa shape index (κ1) is 71.9. The number of aliphatic hydroxyl groups excluding tert-OH is 5. The summed E-state index contributed by atoms with van der Waals surface area (Å²) in [5.41, 5.74) is 0. The van der Waals surface area contributed by atoms with E-state index in [0.717, 1.165) is 57.8 Å². The molecule has 8 atom stereocenters. The highest BCUT2D eigenvalue weighted by molar-refractivity contribution is 5.80. The van der Waals surface area contributed by atoms with Gasteiger partial charge in [0.05, 0.1) is 25.4 Å². The van der Waals surface area contributed by atoms with Gasteiger partial charge in [-0.1, -0.05) is 256 Å². The van der Waals surface area contributed by atoms with Crippen molar-refractivity contribution in [1.82, 2.24) is 5.32 Å². The van der Waals surface area contributed by atoms with Gasteiger partial charge in [0.25, 0.3) is 0 Å². The average molecular weight is 1080 g/mol. The standard InChI is InChI=1S/C65H121NO10/c1-4-7-10-13-16-19-22-25-26-27-28-29-30-31-32-35-38-41-44-47-50-53-60(70)76-63-62(72)61(71)59(54-67)75-65(63)74-55-56(57(68)51-48-45-42-39-36-33-23-20-17-14-11-8-5-2)66-64(73)58(69)52-49-46-43-40-37-34-24-21-18-15-12-9-6-3/h25-26,37,40,48,51,56-59,61-63,65,67-69,71-72H,4-24,27-36,38-39,41-47,49-50,52-55H2,1-3H3,(H,66,73)/b26-25+,40-37-,51-48+. The number of aliphatic hydroxyl groups is 5. The maximum atomic E-state index is 13.4. The summed E-state index contributed by atoms with van der Waals surface area (Å²) in [6, 6.07) is -1.03. The largest absolute Gasteiger partial charge is 0.454 e. The molecule has 0 saturated carbocycles. The Hall–Kier alpha value is -2.12. The van der Waals surface area contributed by atoms with Crippen LogP contribution in [0.3, 0.4) is 0 Å². The normalized spacial score (nSPS) is 19.3. The number of nitrogens with one attached hydrogen (secondary N) is 1. The highest BCUT2D eigenvalue weighted by atomic mass is 16.7.